The van der Waals surface area contributed by atoms with Gasteiger partial charge in [0.2, 0.25) is 17.8 Å². The Bertz CT molecular complexity index is 1000. The number of nitrogens with two attached hydrogens (primary N) is 1. The highest BCUT2D eigenvalue weighted by molar-refractivity contribution is 6.05. The third kappa shape index (κ3) is 3.74. The summed E-state index contributed by atoms with van der Waals surface area (Å²) in [5, 5.41) is 4.88. The van der Waals surface area contributed by atoms with Gasteiger partial charge in [-0.3, -0.25) is 9.59 Å². The van der Waals surface area contributed by atoms with E-state index in [9.17, 15) is 22.8 Å². The summed E-state index contributed by atoms with van der Waals surface area (Å²) in [6, 6.07) is 4.64. The minimum absolute atomic E-state index is 0.0196. The molecule has 1 aromatic heterocycles. The molecule has 1 saturated heterocycles. The largest absolute Gasteiger partial charge is 0.418 e. The second kappa shape index (κ2) is 7.47. The van der Waals surface area contributed by atoms with E-state index in [2.05, 4.69) is 20.6 Å². The van der Waals surface area contributed by atoms with Crippen LogP contribution < -0.4 is 21.3 Å². The van der Waals surface area contributed by atoms with Crippen LogP contribution in [-0.2, 0) is 15.8 Å². The maximum atomic E-state index is 13.2. The van der Waals surface area contributed by atoms with Crippen molar-refractivity contribution in [3.8, 4) is 0 Å². The van der Waals surface area contributed by atoms with Gasteiger partial charge in [0.25, 0.3) is 0 Å². The fourth-order valence-corrected chi connectivity index (χ4v) is 3.73. The SMILES string of the molecule is Nc1nc(N2CCCC2)nc2c1[C@@H](C(=O)Nc1ccccc1C(F)(F)F)CC(=O)N2. The van der Waals surface area contributed by atoms with E-state index in [0.717, 1.165) is 38.1 Å². The van der Waals surface area contributed by atoms with Crippen molar-refractivity contribution in [2.75, 3.05) is 34.4 Å². The summed E-state index contributed by atoms with van der Waals surface area (Å²) in [4.78, 5) is 35.6. The van der Waals surface area contributed by atoms with Crippen LogP contribution in [0.5, 0.6) is 0 Å². The first-order valence-electron chi connectivity index (χ1n) is 9.43. The number of anilines is 4. The van der Waals surface area contributed by atoms with Crippen LogP contribution in [0.15, 0.2) is 24.3 Å². The molecule has 1 atom stereocenters. The van der Waals surface area contributed by atoms with Crippen LogP contribution in [0.4, 0.5) is 36.4 Å². The highest BCUT2D eigenvalue weighted by atomic mass is 19.4. The van der Waals surface area contributed by atoms with E-state index in [1.165, 1.54) is 12.1 Å². The number of aromatic nitrogens is 2. The fourth-order valence-electron chi connectivity index (χ4n) is 3.73. The first-order chi connectivity index (χ1) is 14.2. The lowest BCUT2D eigenvalue weighted by Crippen LogP contribution is -2.33. The highest BCUT2D eigenvalue weighted by Gasteiger charge is 2.38. The molecule has 0 unspecified atom stereocenters. The Morgan fingerprint density at radius 1 is 1.20 bits per heavy atom. The smallest absolute Gasteiger partial charge is 0.383 e. The van der Waals surface area contributed by atoms with Crippen molar-refractivity contribution in [1.29, 1.82) is 0 Å². The predicted molar refractivity (Wildman–Crippen MR) is 104 cm³/mol. The molecule has 8 nitrogen and oxygen atoms in total. The Morgan fingerprint density at radius 2 is 1.90 bits per heavy atom. The minimum Gasteiger partial charge on any atom is -0.383 e. The Labute approximate surface area is 169 Å². The zero-order valence-electron chi connectivity index (χ0n) is 15.8. The lowest BCUT2D eigenvalue weighted by Gasteiger charge is -2.27. The van der Waals surface area contributed by atoms with Gasteiger partial charge in [-0.25, -0.2) is 0 Å². The number of amides is 2. The molecule has 2 aromatic rings. The molecule has 2 amide bonds. The van der Waals surface area contributed by atoms with Crippen LogP contribution in [0.3, 0.4) is 0 Å². The van der Waals surface area contributed by atoms with E-state index in [1.54, 1.807) is 0 Å². The van der Waals surface area contributed by atoms with Crippen LogP contribution in [0.25, 0.3) is 0 Å². The average Bonchev–Trinajstić information content (AvgIpc) is 3.21. The van der Waals surface area contributed by atoms with E-state index in [4.69, 9.17) is 5.73 Å². The molecular formula is C19H19F3N6O2. The molecule has 1 aromatic carbocycles. The van der Waals surface area contributed by atoms with E-state index in [1.807, 2.05) is 4.90 Å². The lowest BCUT2D eigenvalue weighted by atomic mass is 9.91. The molecule has 0 bridgehead atoms. The summed E-state index contributed by atoms with van der Waals surface area (Å²) in [6.07, 6.45) is -2.95. The first kappa shape index (κ1) is 19.9. The van der Waals surface area contributed by atoms with E-state index in [0.29, 0.717) is 5.95 Å². The summed E-state index contributed by atoms with van der Waals surface area (Å²) in [7, 11) is 0. The molecule has 30 heavy (non-hydrogen) atoms. The second-order valence-electron chi connectivity index (χ2n) is 7.20. The quantitative estimate of drug-likeness (QED) is 0.704. The van der Waals surface area contributed by atoms with Crippen LogP contribution >= 0.6 is 0 Å². The van der Waals surface area contributed by atoms with Gasteiger partial charge in [0.1, 0.15) is 11.6 Å². The zero-order valence-corrected chi connectivity index (χ0v) is 15.8. The number of nitrogen functional groups attached to an aromatic ring is 1. The number of carbonyl (C=O) groups is 2. The maximum Gasteiger partial charge on any atom is 0.418 e. The van der Waals surface area contributed by atoms with E-state index in [-0.39, 0.29) is 23.6 Å². The van der Waals surface area contributed by atoms with E-state index >= 15 is 0 Å². The molecule has 158 valence electrons. The Hall–Kier alpha value is -3.37. The molecule has 3 heterocycles. The van der Waals surface area contributed by atoms with Crippen LogP contribution in [0.1, 0.15) is 36.3 Å². The van der Waals surface area contributed by atoms with Gasteiger partial charge < -0.3 is 21.3 Å². The summed E-state index contributed by atoms with van der Waals surface area (Å²) in [6.45, 7) is 1.51. The topological polar surface area (TPSA) is 113 Å². The van der Waals surface area contributed by atoms with Crippen molar-refractivity contribution in [2.45, 2.75) is 31.4 Å². The minimum atomic E-state index is -4.64. The van der Waals surface area contributed by atoms with Crippen LogP contribution in [0, 0.1) is 0 Å². The molecule has 4 N–H and O–H groups in total. The van der Waals surface area contributed by atoms with Crippen molar-refractivity contribution < 1.29 is 22.8 Å². The summed E-state index contributed by atoms with van der Waals surface area (Å²) in [5.74, 6) is -1.88. The number of halogens is 3. The van der Waals surface area contributed by atoms with Crippen molar-refractivity contribution in [3.05, 3.63) is 35.4 Å². The van der Waals surface area contributed by atoms with Crippen molar-refractivity contribution in [1.82, 2.24) is 9.97 Å². The van der Waals surface area contributed by atoms with Crippen molar-refractivity contribution in [3.63, 3.8) is 0 Å². The molecular weight excluding hydrogens is 401 g/mol. The number of benzene rings is 1. The van der Waals surface area contributed by atoms with Gasteiger partial charge in [-0.2, -0.15) is 23.1 Å². The van der Waals surface area contributed by atoms with E-state index < -0.39 is 35.2 Å². The van der Waals surface area contributed by atoms with Gasteiger partial charge in [-0.05, 0) is 25.0 Å². The second-order valence-corrected chi connectivity index (χ2v) is 7.20. The number of alkyl halides is 3. The van der Waals surface area contributed by atoms with Crippen LogP contribution in [-0.4, -0.2) is 34.9 Å². The molecule has 0 spiro atoms. The average molecular weight is 420 g/mol. The Balaban J connectivity index is 1.66. The summed E-state index contributed by atoms with van der Waals surface area (Å²) in [5.41, 5.74) is 4.92. The monoisotopic (exact) mass is 420 g/mol. The molecule has 2 aliphatic rings. The molecule has 0 aliphatic carbocycles. The number of hydrogen-bond acceptors (Lipinski definition) is 6. The highest BCUT2D eigenvalue weighted by Crippen LogP contribution is 2.39. The molecule has 1 fully saturated rings. The first-order valence-corrected chi connectivity index (χ1v) is 9.43. The molecule has 4 rings (SSSR count). The van der Waals surface area contributed by atoms with Gasteiger partial charge in [-0.15, -0.1) is 0 Å². The van der Waals surface area contributed by atoms with Crippen LogP contribution in [0.2, 0.25) is 0 Å². The summed E-state index contributed by atoms with van der Waals surface area (Å²) < 4.78 is 39.7. The third-order valence-electron chi connectivity index (χ3n) is 5.15. The normalized spacial score (nSPS) is 18.7. The van der Waals surface area contributed by atoms with Crippen molar-refractivity contribution in [2.24, 2.45) is 0 Å². The third-order valence-corrected chi connectivity index (χ3v) is 5.15. The molecule has 0 radical (unpaired) electrons. The standard InChI is InChI=1S/C19H19F3N6O2/c20-19(21,22)11-5-1-2-6-12(11)24-17(30)10-9-13(29)25-16-14(10)15(23)26-18(27-16)28-7-3-4-8-28/h1-2,5-6,10H,3-4,7-9H2,(H,24,30)(H3,23,25,26,27,29)/t10-/m0/s1. The zero-order chi connectivity index (χ0) is 21.5. The maximum absolute atomic E-state index is 13.2. The number of fused-ring (bicyclic) bond motifs is 1. The Kier molecular flexibility index (Phi) is 4.96. The number of para-hydroxylation sites is 1. The molecule has 0 saturated carbocycles. The molecule has 2 aliphatic heterocycles. The number of carbonyl (C=O) groups excluding carboxylic acids is 2. The lowest BCUT2D eigenvalue weighted by molar-refractivity contribution is -0.137. The Morgan fingerprint density at radius 3 is 2.60 bits per heavy atom. The van der Waals surface area contributed by atoms with Gasteiger partial charge >= 0.3 is 6.18 Å². The summed E-state index contributed by atoms with van der Waals surface area (Å²) >= 11 is 0. The van der Waals surface area contributed by atoms with Gasteiger partial charge in [0, 0.05) is 19.5 Å². The predicted octanol–water partition coefficient (Wildman–Crippen LogP) is 2.74. The van der Waals surface area contributed by atoms with Gasteiger partial charge in [0.15, 0.2) is 0 Å². The number of hydrogen-bond donors (Lipinski definition) is 3. The molecule has 11 heteroatoms. The van der Waals surface area contributed by atoms with Gasteiger partial charge in [0.05, 0.1) is 22.7 Å². The number of rotatable bonds is 3. The van der Waals surface area contributed by atoms with Gasteiger partial charge in [-0.1, -0.05) is 12.1 Å². The number of nitrogens with zero attached hydrogens (tertiary/aromatic N) is 3. The fraction of sp³-hybridized carbons (Fsp3) is 0.368. The number of nitrogens with one attached hydrogen (secondary N) is 2. The van der Waals surface area contributed by atoms with Crippen molar-refractivity contribution >= 4 is 35.1 Å².